The zero-order valence-electron chi connectivity index (χ0n) is 16.5. The smallest absolute Gasteiger partial charge is 0.340 e. The van der Waals surface area contributed by atoms with Gasteiger partial charge in [0.15, 0.2) is 5.69 Å². The van der Waals surface area contributed by atoms with Gasteiger partial charge in [0.2, 0.25) is 5.91 Å². The summed E-state index contributed by atoms with van der Waals surface area (Å²) >= 11 is 5.75. The van der Waals surface area contributed by atoms with Crippen LogP contribution in [0.4, 0.5) is 13.2 Å². The summed E-state index contributed by atoms with van der Waals surface area (Å²) in [6.07, 6.45) is -4.52. The number of nitrogens with zero attached hydrogens (tertiary/aromatic N) is 4. The molecule has 2 aromatic rings. The molecule has 9 heteroatoms. The zero-order chi connectivity index (χ0) is 21.2. The van der Waals surface area contributed by atoms with Crippen LogP contribution in [0.1, 0.15) is 28.9 Å². The Morgan fingerprint density at radius 1 is 1.17 bits per heavy atom. The highest BCUT2D eigenvalue weighted by Crippen LogP contribution is 2.35. The van der Waals surface area contributed by atoms with Gasteiger partial charge in [-0.2, -0.15) is 18.3 Å². The number of aromatic nitrogens is 2. The number of aryl methyl sites for hydroxylation is 2. The maximum Gasteiger partial charge on any atom is 0.436 e. The molecule has 1 aliphatic heterocycles. The first kappa shape index (κ1) is 21.6. The lowest BCUT2D eigenvalue weighted by molar-refractivity contribution is -0.141. The molecule has 0 aliphatic carbocycles. The molecule has 1 saturated heterocycles. The number of benzene rings is 1. The molecule has 0 unspecified atom stereocenters. The number of hydrogen-bond donors (Lipinski definition) is 0. The van der Waals surface area contributed by atoms with Crippen molar-refractivity contribution < 1.29 is 18.0 Å². The Morgan fingerprint density at radius 2 is 1.86 bits per heavy atom. The van der Waals surface area contributed by atoms with Gasteiger partial charge in [-0.25, -0.2) is 0 Å². The molecule has 0 saturated carbocycles. The summed E-state index contributed by atoms with van der Waals surface area (Å²) in [6.45, 7) is 7.20. The number of carbonyl (C=O) groups excluding carboxylic acids is 1. The summed E-state index contributed by atoms with van der Waals surface area (Å²) in [7, 11) is 0. The quantitative estimate of drug-likeness (QED) is 0.725. The average Bonchev–Trinajstić information content (AvgIpc) is 2.95. The number of halogens is 4. The van der Waals surface area contributed by atoms with E-state index in [1.54, 1.807) is 4.90 Å². The molecule has 0 bridgehead atoms. The molecule has 3 rings (SSSR count). The lowest BCUT2D eigenvalue weighted by Crippen LogP contribution is -2.48. The van der Waals surface area contributed by atoms with Crippen molar-refractivity contribution in [2.24, 2.45) is 0 Å². The molecule has 158 valence electrons. The minimum Gasteiger partial charge on any atom is -0.340 e. The van der Waals surface area contributed by atoms with E-state index in [0.29, 0.717) is 13.1 Å². The molecule has 2 heterocycles. The Balaban J connectivity index is 1.50. The van der Waals surface area contributed by atoms with E-state index < -0.39 is 16.9 Å². The zero-order valence-corrected chi connectivity index (χ0v) is 17.2. The predicted molar refractivity (Wildman–Crippen MR) is 105 cm³/mol. The van der Waals surface area contributed by atoms with Gasteiger partial charge in [-0.1, -0.05) is 41.4 Å². The van der Waals surface area contributed by atoms with E-state index in [0.717, 1.165) is 24.3 Å². The summed E-state index contributed by atoms with van der Waals surface area (Å²) in [5.41, 5.74) is 1.58. The fraction of sp³-hybridized carbons (Fsp3) is 0.500. The fourth-order valence-electron chi connectivity index (χ4n) is 3.51. The summed E-state index contributed by atoms with van der Waals surface area (Å²) in [4.78, 5) is 16.6. The van der Waals surface area contributed by atoms with Gasteiger partial charge in [-0.05, 0) is 19.4 Å². The van der Waals surface area contributed by atoms with Crippen molar-refractivity contribution in [3.63, 3.8) is 0 Å². The topological polar surface area (TPSA) is 41.4 Å². The lowest BCUT2D eigenvalue weighted by Gasteiger charge is -2.35. The van der Waals surface area contributed by atoms with Crippen molar-refractivity contribution in [2.75, 3.05) is 26.2 Å². The number of rotatable bonds is 5. The normalized spacial score (nSPS) is 15.7. The second-order valence-electron chi connectivity index (χ2n) is 7.36. The van der Waals surface area contributed by atoms with E-state index in [-0.39, 0.29) is 24.6 Å². The number of alkyl halides is 3. The molecule has 0 radical (unpaired) electrons. The van der Waals surface area contributed by atoms with Gasteiger partial charge in [-0.15, -0.1) is 0 Å². The highest BCUT2D eigenvalue weighted by molar-refractivity contribution is 6.31. The SMILES string of the molecule is Cc1cccc(CN2CCN(C(=O)CCn3nc(C(F)(F)F)c(Cl)c3C)CC2)c1. The van der Waals surface area contributed by atoms with E-state index in [4.69, 9.17) is 11.6 Å². The first-order valence-electron chi connectivity index (χ1n) is 9.51. The molecule has 1 amide bonds. The Kier molecular flexibility index (Phi) is 6.53. The molecular weight excluding hydrogens is 405 g/mol. The monoisotopic (exact) mass is 428 g/mol. The average molecular weight is 429 g/mol. The van der Waals surface area contributed by atoms with E-state index >= 15 is 0 Å². The molecule has 0 atom stereocenters. The van der Waals surface area contributed by atoms with Crippen LogP contribution in [0.15, 0.2) is 24.3 Å². The summed E-state index contributed by atoms with van der Waals surface area (Å²) < 4.78 is 39.9. The number of amides is 1. The van der Waals surface area contributed by atoms with Crippen LogP contribution in [-0.4, -0.2) is 51.7 Å². The van der Waals surface area contributed by atoms with Crippen molar-refractivity contribution >= 4 is 17.5 Å². The minimum absolute atomic E-state index is 0.0734. The molecule has 0 spiro atoms. The van der Waals surface area contributed by atoms with Gasteiger partial charge < -0.3 is 4.90 Å². The third kappa shape index (κ3) is 5.30. The van der Waals surface area contributed by atoms with Crippen LogP contribution < -0.4 is 0 Å². The van der Waals surface area contributed by atoms with Gasteiger partial charge in [-0.3, -0.25) is 14.4 Å². The van der Waals surface area contributed by atoms with Crippen LogP contribution in [0, 0.1) is 13.8 Å². The molecule has 1 aromatic heterocycles. The Bertz CT molecular complexity index is 873. The standard InChI is InChI=1S/C20H24ClF3N4O/c1-14-4-3-5-16(12-14)13-26-8-10-27(11-9-26)17(29)6-7-28-15(2)18(21)19(25-28)20(22,23)24/h3-5,12H,6-11,13H2,1-2H3. The highest BCUT2D eigenvalue weighted by atomic mass is 35.5. The molecular formula is C20H24ClF3N4O. The summed E-state index contributed by atoms with van der Waals surface area (Å²) in [6, 6.07) is 8.35. The summed E-state index contributed by atoms with van der Waals surface area (Å²) in [5, 5.41) is 3.14. The predicted octanol–water partition coefficient (Wildman–Crippen LogP) is 3.91. The maximum atomic E-state index is 12.9. The van der Waals surface area contributed by atoms with E-state index in [9.17, 15) is 18.0 Å². The fourth-order valence-corrected chi connectivity index (χ4v) is 3.75. The number of carbonyl (C=O) groups is 1. The van der Waals surface area contributed by atoms with Crippen LogP contribution in [-0.2, 0) is 24.1 Å². The minimum atomic E-state index is -4.61. The van der Waals surface area contributed by atoms with Gasteiger partial charge in [0.05, 0.1) is 17.3 Å². The van der Waals surface area contributed by atoms with Crippen molar-refractivity contribution in [2.45, 2.75) is 39.5 Å². The number of hydrogen-bond acceptors (Lipinski definition) is 3. The van der Waals surface area contributed by atoms with Gasteiger partial charge >= 0.3 is 6.18 Å². The van der Waals surface area contributed by atoms with Gasteiger partial charge in [0, 0.05) is 39.1 Å². The van der Waals surface area contributed by atoms with Crippen LogP contribution in [0.5, 0.6) is 0 Å². The second-order valence-corrected chi connectivity index (χ2v) is 7.74. The Labute approximate surface area is 173 Å². The second kappa shape index (κ2) is 8.75. The van der Waals surface area contributed by atoms with Crippen molar-refractivity contribution in [3.05, 3.63) is 51.8 Å². The van der Waals surface area contributed by atoms with Crippen molar-refractivity contribution in [1.29, 1.82) is 0 Å². The third-order valence-corrected chi connectivity index (χ3v) is 5.61. The van der Waals surface area contributed by atoms with Crippen LogP contribution >= 0.6 is 11.6 Å². The molecule has 5 nitrogen and oxygen atoms in total. The van der Waals surface area contributed by atoms with E-state index in [1.165, 1.54) is 18.1 Å². The summed E-state index contributed by atoms with van der Waals surface area (Å²) in [5.74, 6) is -0.0835. The first-order valence-corrected chi connectivity index (χ1v) is 9.88. The lowest BCUT2D eigenvalue weighted by atomic mass is 10.1. The highest BCUT2D eigenvalue weighted by Gasteiger charge is 2.38. The third-order valence-electron chi connectivity index (χ3n) is 5.15. The van der Waals surface area contributed by atoms with Gasteiger partial charge in [0.1, 0.15) is 0 Å². The van der Waals surface area contributed by atoms with Crippen molar-refractivity contribution in [3.8, 4) is 0 Å². The number of piperazine rings is 1. The van der Waals surface area contributed by atoms with Crippen LogP contribution in [0.3, 0.4) is 0 Å². The Hall–Kier alpha value is -2.06. The molecule has 0 N–H and O–H groups in total. The van der Waals surface area contributed by atoms with Crippen LogP contribution in [0.2, 0.25) is 5.02 Å². The van der Waals surface area contributed by atoms with Gasteiger partial charge in [0.25, 0.3) is 0 Å². The molecule has 29 heavy (non-hydrogen) atoms. The molecule has 1 fully saturated rings. The Morgan fingerprint density at radius 3 is 2.45 bits per heavy atom. The maximum absolute atomic E-state index is 12.9. The molecule has 1 aliphatic rings. The largest absolute Gasteiger partial charge is 0.436 e. The first-order chi connectivity index (χ1) is 13.6. The van der Waals surface area contributed by atoms with Crippen molar-refractivity contribution in [1.82, 2.24) is 19.6 Å². The van der Waals surface area contributed by atoms with E-state index in [1.807, 2.05) is 6.07 Å². The van der Waals surface area contributed by atoms with Crippen LogP contribution in [0.25, 0.3) is 0 Å². The molecule has 1 aromatic carbocycles. The van der Waals surface area contributed by atoms with E-state index in [2.05, 4.69) is 35.1 Å².